The lowest BCUT2D eigenvalue weighted by atomic mass is 10.2. The molecule has 1 amide bonds. The van der Waals surface area contributed by atoms with Crippen LogP contribution in [0.3, 0.4) is 0 Å². The Bertz CT molecular complexity index is 1380. The van der Waals surface area contributed by atoms with Gasteiger partial charge < -0.3 is 9.47 Å². The Hall–Kier alpha value is -3.45. The van der Waals surface area contributed by atoms with E-state index in [1.54, 1.807) is 27.7 Å². The molecule has 0 saturated heterocycles. The van der Waals surface area contributed by atoms with Crippen LogP contribution in [-0.2, 0) is 27.7 Å². The third-order valence-electron chi connectivity index (χ3n) is 5.61. The summed E-state index contributed by atoms with van der Waals surface area (Å²) in [6.07, 6.45) is 1.50. The minimum atomic E-state index is -3.89. The fraction of sp³-hybridized carbons (Fsp3) is 0.192. The number of benzene rings is 3. The highest BCUT2D eigenvalue weighted by molar-refractivity contribution is 7.91. The maximum absolute atomic E-state index is 13.3. The average Bonchev–Trinajstić information content (AvgIpc) is 3.17. The molecule has 0 unspecified atom stereocenters. The third kappa shape index (κ3) is 4.68. The number of halogens is 1. The van der Waals surface area contributed by atoms with Crippen LogP contribution < -0.4 is 0 Å². The molecule has 4 aromatic rings. The third-order valence-corrected chi connectivity index (χ3v) is 7.41. The number of aromatic nitrogens is 1. The van der Waals surface area contributed by atoms with E-state index in [2.05, 4.69) is 0 Å². The van der Waals surface area contributed by atoms with Gasteiger partial charge in [-0.1, -0.05) is 48.5 Å². The number of nitrogens with zero attached hydrogens (tertiary/aromatic N) is 2. The maximum atomic E-state index is 13.3. The van der Waals surface area contributed by atoms with Gasteiger partial charge in [0.1, 0.15) is 12.4 Å². The first-order valence-corrected chi connectivity index (χ1v) is 12.2. The number of fused-ring (bicyclic) bond motifs is 1. The van der Waals surface area contributed by atoms with Crippen LogP contribution in [0.2, 0.25) is 0 Å². The Morgan fingerprint density at radius 2 is 1.58 bits per heavy atom. The van der Waals surface area contributed by atoms with Crippen LogP contribution in [0.1, 0.15) is 19.4 Å². The van der Waals surface area contributed by atoms with Gasteiger partial charge in [0.2, 0.25) is 15.7 Å². The Balaban J connectivity index is 1.70. The number of hydrogen-bond donors (Lipinski definition) is 0. The van der Waals surface area contributed by atoms with Gasteiger partial charge in [-0.15, -0.1) is 0 Å². The van der Waals surface area contributed by atoms with Crippen molar-refractivity contribution in [2.45, 2.75) is 42.8 Å². The zero-order valence-corrected chi connectivity index (χ0v) is 19.3. The Morgan fingerprint density at radius 3 is 2.24 bits per heavy atom. The molecule has 7 heteroatoms. The lowest BCUT2D eigenvalue weighted by Crippen LogP contribution is -2.38. The molecule has 0 aliphatic heterocycles. The van der Waals surface area contributed by atoms with Gasteiger partial charge in [0, 0.05) is 29.7 Å². The molecule has 0 aliphatic carbocycles. The number of sulfone groups is 1. The van der Waals surface area contributed by atoms with E-state index in [1.807, 2.05) is 50.2 Å². The predicted octanol–water partition coefficient (Wildman–Crippen LogP) is 5.05. The van der Waals surface area contributed by atoms with Crippen molar-refractivity contribution in [3.63, 3.8) is 0 Å². The second kappa shape index (κ2) is 9.19. The first kappa shape index (κ1) is 22.7. The van der Waals surface area contributed by atoms with Crippen molar-refractivity contribution in [1.82, 2.24) is 9.47 Å². The molecule has 4 rings (SSSR count). The molecule has 0 atom stereocenters. The van der Waals surface area contributed by atoms with Crippen molar-refractivity contribution >= 4 is 26.6 Å². The maximum Gasteiger partial charge on any atom is 0.243 e. The summed E-state index contributed by atoms with van der Waals surface area (Å²) in [5.41, 5.74) is 1.67. The SMILES string of the molecule is CC(C)N(Cc1ccccc1)C(=O)Cn1cc(S(=O)(=O)c2ccc(F)cc2)c2ccccc21. The van der Waals surface area contributed by atoms with E-state index in [0.29, 0.717) is 17.4 Å². The summed E-state index contributed by atoms with van der Waals surface area (Å²) >= 11 is 0. The van der Waals surface area contributed by atoms with E-state index < -0.39 is 15.7 Å². The zero-order valence-electron chi connectivity index (χ0n) is 18.5. The summed E-state index contributed by atoms with van der Waals surface area (Å²) in [6, 6.07) is 21.6. The normalized spacial score (nSPS) is 11.8. The van der Waals surface area contributed by atoms with Crippen LogP contribution in [0.15, 0.2) is 94.9 Å². The molecule has 3 aromatic carbocycles. The second-order valence-electron chi connectivity index (χ2n) is 8.20. The fourth-order valence-corrected chi connectivity index (χ4v) is 5.35. The summed E-state index contributed by atoms with van der Waals surface area (Å²) in [5.74, 6) is -0.616. The first-order valence-electron chi connectivity index (χ1n) is 10.7. The van der Waals surface area contributed by atoms with Gasteiger partial charge in [-0.05, 0) is 49.7 Å². The van der Waals surface area contributed by atoms with E-state index in [4.69, 9.17) is 0 Å². The number of carbonyl (C=O) groups is 1. The van der Waals surface area contributed by atoms with Crippen molar-refractivity contribution in [1.29, 1.82) is 0 Å². The zero-order chi connectivity index (χ0) is 23.6. The smallest absolute Gasteiger partial charge is 0.243 e. The van der Waals surface area contributed by atoms with E-state index in [9.17, 15) is 17.6 Å². The summed E-state index contributed by atoms with van der Waals surface area (Å²) < 4.78 is 41.6. The van der Waals surface area contributed by atoms with Gasteiger partial charge in [0.25, 0.3) is 0 Å². The van der Waals surface area contributed by atoms with Gasteiger partial charge in [-0.25, -0.2) is 12.8 Å². The summed E-state index contributed by atoms with van der Waals surface area (Å²) in [4.78, 5) is 15.2. The van der Waals surface area contributed by atoms with Gasteiger partial charge in [-0.3, -0.25) is 4.79 Å². The van der Waals surface area contributed by atoms with Gasteiger partial charge in [0.05, 0.1) is 9.79 Å². The summed E-state index contributed by atoms with van der Waals surface area (Å²) in [6.45, 7) is 4.39. The summed E-state index contributed by atoms with van der Waals surface area (Å²) in [5, 5.41) is 0.522. The monoisotopic (exact) mass is 464 g/mol. The molecule has 0 spiro atoms. The van der Waals surface area contributed by atoms with Crippen molar-refractivity contribution in [3.8, 4) is 0 Å². The predicted molar refractivity (Wildman–Crippen MR) is 126 cm³/mol. The number of rotatable bonds is 7. The second-order valence-corrected chi connectivity index (χ2v) is 10.1. The van der Waals surface area contributed by atoms with E-state index in [1.165, 1.54) is 18.3 Å². The van der Waals surface area contributed by atoms with E-state index in [0.717, 1.165) is 17.7 Å². The van der Waals surface area contributed by atoms with Crippen molar-refractivity contribution in [2.24, 2.45) is 0 Å². The van der Waals surface area contributed by atoms with Crippen molar-refractivity contribution in [2.75, 3.05) is 0 Å². The number of hydrogen-bond acceptors (Lipinski definition) is 3. The molecule has 0 N–H and O–H groups in total. The fourth-order valence-electron chi connectivity index (χ4n) is 3.87. The number of carbonyl (C=O) groups excluding carboxylic acids is 1. The Morgan fingerprint density at radius 1 is 0.939 bits per heavy atom. The Kier molecular flexibility index (Phi) is 6.33. The minimum absolute atomic E-state index is 0.00443. The highest BCUT2D eigenvalue weighted by atomic mass is 32.2. The molecule has 33 heavy (non-hydrogen) atoms. The lowest BCUT2D eigenvalue weighted by molar-refractivity contribution is -0.134. The standard InChI is InChI=1S/C26H25FN2O3S/c1-19(2)29(16-20-8-4-3-5-9-20)26(30)18-28-17-25(23-10-6-7-11-24(23)28)33(31,32)22-14-12-21(27)13-15-22/h3-15,17,19H,16,18H2,1-2H3. The number of para-hydroxylation sites is 1. The highest BCUT2D eigenvalue weighted by Crippen LogP contribution is 2.30. The van der Waals surface area contributed by atoms with Crippen molar-refractivity contribution in [3.05, 3.63) is 96.4 Å². The van der Waals surface area contributed by atoms with Crippen LogP contribution in [-0.4, -0.2) is 29.8 Å². The molecule has 5 nitrogen and oxygen atoms in total. The van der Waals surface area contributed by atoms with Crippen LogP contribution in [0.4, 0.5) is 4.39 Å². The molecule has 170 valence electrons. The molecule has 0 fully saturated rings. The summed E-state index contributed by atoms with van der Waals surface area (Å²) in [7, 11) is -3.89. The molecule has 0 bridgehead atoms. The topological polar surface area (TPSA) is 59.4 Å². The molecular formula is C26H25FN2O3S. The van der Waals surface area contributed by atoms with Gasteiger partial charge >= 0.3 is 0 Å². The largest absolute Gasteiger partial charge is 0.337 e. The van der Waals surface area contributed by atoms with Crippen LogP contribution in [0.5, 0.6) is 0 Å². The van der Waals surface area contributed by atoms with Gasteiger partial charge in [0.15, 0.2) is 0 Å². The molecule has 0 radical (unpaired) electrons. The van der Waals surface area contributed by atoms with Crippen LogP contribution in [0.25, 0.3) is 10.9 Å². The number of amides is 1. The molecular weight excluding hydrogens is 439 g/mol. The molecule has 0 aliphatic rings. The van der Waals surface area contributed by atoms with Gasteiger partial charge in [-0.2, -0.15) is 0 Å². The highest BCUT2D eigenvalue weighted by Gasteiger charge is 2.25. The quantitative estimate of drug-likeness (QED) is 0.360. The van der Waals surface area contributed by atoms with Crippen LogP contribution >= 0.6 is 0 Å². The van der Waals surface area contributed by atoms with Crippen LogP contribution in [0, 0.1) is 5.82 Å². The Labute approximate surface area is 193 Å². The van der Waals surface area contributed by atoms with E-state index >= 15 is 0 Å². The minimum Gasteiger partial charge on any atom is -0.337 e. The molecule has 0 saturated carbocycles. The average molecular weight is 465 g/mol. The first-order chi connectivity index (χ1) is 15.8. The van der Waals surface area contributed by atoms with E-state index in [-0.39, 0.29) is 28.3 Å². The lowest BCUT2D eigenvalue weighted by Gasteiger charge is -2.27. The molecule has 1 heterocycles. The van der Waals surface area contributed by atoms with Crippen molar-refractivity contribution < 1.29 is 17.6 Å². The molecule has 1 aromatic heterocycles.